The molecule has 1 aliphatic carbocycles. The van der Waals surface area contributed by atoms with Crippen molar-refractivity contribution in [3.8, 4) is 0 Å². The van der Waals surface area contributed by atoms with Gasteiger partial charge in [-0.1, -0.05) is 89.9 Å². The highest BCUT2D eigenvalue weighted by Gasteiger charge is 2.24. The molecule has 0 aromatic heterocycles. The van der Waals surface area contributed by atoms with Crippen LogP contribution >= 0.6 is 0 Å². The molecule has 4 nitrogen and oxygen atoms in total. The first kappa shape index (κ1) is 34.8. The van der Waals surface area contributed by atoms with Crippen LogP contribution in [0.2, 0.25) is 0 Å². The van der Waals surface area contributed by atoms with Gasteiger partial charge in [-0.25, -0.2) is 0 Å². The van der Waals surface area contributed by atoms with Crippen molar-refractivity contribution < 1.29 is 19.1 Å². The quantitative estimate of drug-likeness (QED) is 0.0966. The van der Waals surface area contributed by atoms with Crippen LogP contribution in [0.15, 0.2) is 0 Å². The van der Waals surface area contributed by atoms with E-state index in [1.165, 1.54) is 83.5 Å². The Kier molecular flexibility index (Phi) is 19.8. The molecule has 1 fully saturated rings. The molecule has 0 aromatic carbocycles. The van der Waals surface area contributed by atoms with Crippen molar-refractivity contribution in [1.29, 1.82) is 0 Å². The van der Waals surface area contributed by atoms with Crippen LogP contribution in [-0.2, 0) is 19.1 Å². The van der Waals surface area contributed by atoms with Crippen molar-refractivity contribution in [2.75, 3.05) is 0 Å². The molecule has 4 heteroatoms. The van der Waals surface area contributed by atoms with Gasteiger partial charge in [0, 0.05) is 25.2 Å². The number of rotatable bonds is 23. The number of ether oxygens (including phenoxy) is 1. The summed E-state index contributed by atoms with van der Waals surface area (Å²) in [5, 5.41) is 0. The van der Waals surface area contributed by atoms with E-state index in [1.807, 2.05) is 20.8 Å². The molecule has 1 saturated carbocycles. The van der Waals surface area contributed by atoms with Gasteiger partial charge in [-0.2, -0.15) is 0 Å². The van der Waals surface area contributed by atoms with E-state index in [9.17, 15) is 14.4 Å². The molecule has 0 N–H and O–H groups in total. The van der Waals surface area contributed by atoms with Gasteiger partial charge >= 0.3 is 5.97 Å². The Hall–Kier alpha value is -1.19. The Morgan fingerprint density at radius 3 is 1.37 bits per heavy atom. The number of carbonyl (C=O) groups excluding carboxylic acids is 3. The third kappa shape index (κ3) is 20.7. The van der Waals surface area contributed by atoms with Crippen LogP contribution in [0.25, 0.3) is 0 Å². The van der Waals surface area contributed by atoms with Gasteiger partial charge in [-0.15, -0.1) is 0 Å². The Bertz CT molecular complexity index is 625. The van der Waals surface area contributed by atoms with Crippen LogP contribution in [-0.4, -0.2) is 23.1 Å². The number of esters is 1. The number of unbranched alkanes of at least 4 members (excludes halogenated alkanes) is 15. The lowest BCUT2D eigenvalue weighted by atomic mass is 9.78. The highest BCUT2D eigenvalue weighted by molar-refractivity contribution is 5.78. The highest BCUT2D eigenvalue weighted by atomic mass is 16.6. The van der Waals surface area contributed by atoms with E-state index in [0.29, 0.717) is 29.8 Å². The molecule has 0 bridgehead atoms. The summed E-state index contributed by atoms with van der Waals surface area (Å²) in [4.78, 5) is 35.4. The predicted molar refractivity (Wildman–Crippen MR) is 159 cm³/mol. The first-order chi connectivity index (χ1) is 18.2. The zero-order valence-electron chi connectivity index (χ0n) is 25.8. The van der Waals surface area contributed by atoms with Gasteiger partial charge in [-0.05, 0) is 78.6 Å². The fourth-order valence-electron chi connectivity index (χ4n) is 5.81. The summed E-state index contributed by atoms with van der Waals surface area (Å²) in [5.74, 6) is 1.71. The molecule has 38 heavy (non-hydrogen) atoms. The molecule has 0 atom stereocenters. The molecule has 0 spiro atoms. The van der Waals surface area contributed by atoms with Gasteiger partial charge in [0.25, 0.3) is 0 Å². The van der Waals surface area contributed by atoms with Gasteiger partial charge in [0.1, 0.15) is 17.2 Å². The molecule has 0 saturated heterocycles. The summed E-state index contributed by atoms with van der Waals surface area (Å²) >= 11 is 0. The minimum Gasteiger partial charge on any atom is -0.460 e. The van der Waals surface area contributed by atoms with Crippen molar-refractivity contribution in [2.24, 2.45) is 11.8 Å². The van der Waals surface area contributed by atoms with Crippen LogP contribution in [0, 0.1) is 11.8 Å². The lowest BCUT2D eigenvalue weighted by Crippen LogP contribution is -2.23. The van der Waals surface area contributed by atoms with Gasteiger partial charge < -0.3 is 4.74 Å². The second kappa shape index (κ2) is 21.6. The van der Waals surface area contributed by atoms with Crippen LogP contribution < -0.4 is 0 Å². The van der Waals surface area contributed by atoms with E-state index >= 15 is 0 Å². The first-order valence-corrected chi connectivity index (χ1v) is 16.4. The zero-order valence-corrected chi connectivity index (χ0v) is 25.8. The average molecular weight is 535 g/mol. The summed E-state index contributed by atoms with van der Waals surface area (Å²) < 4.78 is 5.35. The number of ketones is 2. The summed E-state index contributed by atoms with van der Waals surface area (Å²) in [6, 6.07) is 0. The van der Waals surface area contributed by atoms with Gasteiger partial charge in [0.05, 0.1) is 0 Å². The fraction of sp³-hybridized carbons (Fsp3) is 0.912. The first-order valence-electron chi connectivity index (χ1n) is 16.4. The molecular weight excluding hydrogens is 472 g/mol. The summed E-state index contributed by atoms with van der Waals surface area (Å²) in [5.41, 5.74) is -0.362. The van der Waals surface area contributed by atoms with E-state index < -0.39 is 0 Å². The third-order valence-corrected chi connectivity index (χ3v) is 8.26. The van der Waals surface area contributed by atoms with Crippen molar-refractivity contribution in [2.45, 2.75) is 187 Å². The second-order valence-electron chi connectivity index (χ2n) is 13.1. The Labute approximate surface area is 235 Å². The maximum atomic E-state index is 12.2. The average Bonchev–Trinajstić information content (AvgIpc) is 2.86. The third-order valence-electron chi connectivity index (χ3n) is 8.26. The molecule has 0 heterocycles. The maximum Gasteiger partial charge on any atom is 0.306 e. The summed E-state index contributed by atoms with van der Waals surface area (Å²) in [7, 11) is 0. The Morgan fingerprint density at radius 2 is 0.974 bits per heavy atom. The van der Waals surface area contributed by atoms with Crippen LogP contribution in [0.1, 0.15) is 182 Å². The maximum absolute atomic E-state index is 12.2. The normalized spacial score (nSPS) is 17.9. The minimum atomic E-state index is -0.362. The minimum absolute atomic E-state index is 0.0586. The summed E-state index contributed by atoms with van der Waals surface area (Å²) in [6.45, 7) is 7.49. The zero-order chi connectivity index (χ0) is 28.1. The lowest BCUT2D eigenvalue weighted by molar-refractivity contribution is -0.155. The van der Waals surface area contributed by atoms with Crippen LogP contribution in [0.5, 0.6) is 0 Å². The van der Waals surface area contributed by atoms with Crippen LogP contribution in [0.4, 0.5) is 0 Å². The van der Waals surface area contributed by atoms with E-state index in [2.05, 4.69) is 0 Å². The lowest BCUT2D eigenvalue weighted by Gasteiger charge is -2.26. The number of Topliss-reactive ketones (excluding diaryl/α,β-unsaturated/α-hetero) is 2. The largest absolute Gasteiger partial charge is 0.460 e. The fourth-order valence-corrected chi connectivity index (χ4v) is 5.81. The molecule has 1 rings (SSSR count). The Morgan fingerprint density at radius 1 is 0.579 bits per heavy atom. The van der Waals surface area contributed by atoms with Gasteiger partial charge in [0.2, 0.25) is 0 Å². The van der Waals surface area contributed by atoms with E-state index in [1.54, 1.807) is 6.92 Å². The van der Waals surface area contributed by atoms with Crippen molar-refractivity contribution >= 4 is 17.5 Å². The molecule has 1 aliphatic rings. The van der Waals surface area contributed by atoms with E-state index in [-0.39, 0.29) is 11.6 Å². The second-order valence-corrected chi connectivity index (χ2v) is 13.1. The van der Waals surface area contributed by atoms with Gasteiger partial charge in [-0.3, -0.25) is 14.4 Å². The van der Waals surface area contributed by atoms with Crippen molar-refractivity contribution in [3.05, 3.63) is 0 Å². The topological polar surface area (TPSA) is 60.4 Å². The SMILES string of the molecule is CC(=O)C1CCC(CCC(=O)CCCCCCCCCCCCCCCCCCC(=O)OC(C)(C)C)CC1. The Balaban J connectivity index is 1.76. The smallest absolute Gasteiger partial charge is 0.306 e. The number of carbonyl (C=O) groups is 3. The molecular formula is C34H62O4. The number of hydrogen-bond acceptors (Lipinski definition) is 4. The molecule has 0 radical (unpaired) electrons. The monoisotopic (exact) mass is 534 g/mol. The molecule has 0 aliphatic heterocycles. The van der Waals surface area contributed by atoms with E-state index in [4.69, 9.17) is 4.74 Å². The van der Waals surface area contributed by atoms with Crippen molar-refractivity contribution in [3.63, 3.8) is 0 Å². The van der Waals surface area contributed by atoms with Crippen molar-refractivity contribution in [1.82, 2.24) is 0 Å². The molecule has 0 amide bonds. The van der Waals surface area contributed by atoms with Crippen LogP contribution in [0.3, 0.4) is 0 Å². The highest BCUT2D eigenvalue weighted by Crippen LogP contribution is 2.32. The molecule has 0 unspecified atom stereocenters. The standard InChI is InChI=1S/C34H62O4/c1-29(35)31-26-23-30(24-27-31)25-28-32(36)21-19-17-15-13-11-9-7-5-6-8-10-12-14-16-18-20-22-33(37)38-34(2,3)4/h30-31H,5-28H2,1-4H3. The predicted octanol–water partition coefficient (Wildman–Crippen LogP) is 10.1. The van der Waals surface area contributed by atoms with E-state index in [0.717, 1.165) is 64.2 Å². The molecule has 0 aromatic rings. The van der Waals surface area contributed by atoms with Gasteiger partial charge in [0.15, 0.2) is 0 Å². The number of hydrogen-bond donors (Lipinski definition) is 0. The summed E-state index contributed by atoms with van der Waals surface area (Å²) in [6.07, 6.45) is 27.9. The molecule has 222 valence electrons.